The maximum atomic E-state index is 14.2. The third kappa shape index (κ3) is 6.87. The zero-order valence-corrected chi connectivity index (χ0v) is 24.0. The Morgan fingerprint density at radius 2 is 1.86 bits per heavy atom. The van der Waals surface area contributed by atoms with Gasteiger partial charge in [-0.15, -0.1) is 0 Å². The molecule has 204 valence electrons. The Bertz CT molecular complexity index is 1190. The molecule has 0 radical (unpaired) electrons. The van der Waals surface area contributed by atoms with Crippen LogP contribution in [-0.4, -0.2) is 73.3 Å². The Labute approximate surface area is 230 Å². The Kier molecular flexibility index (Phi) is 9.22. The van der Waals surface area contributed by atoms with E-state index >= 15 is 0 Å². The molecule has 0 spiro atoms. The van der Waals surface area contributed by atoms with Crippen LogP contribution < -0.4 is 9.62 Å². The molecule has 2 aromatic rings. The van der Waals surface area contributed by atoms with E-state index in [0.29, 0.717) is 45.7 Å². The number of nitrogens with zero attached hydrogens (tertiary/aromatic N) is 4. The summed E-state index contributed by atoms with van der Waals surface area (Å²) in [5.41, 5.74) is 1.06. The molecule has 37 heavy (non-hydrogen) atoms. The predicted molar refractivity (Wildman–Crippen MR) is 150 cm³/mol. The van der Waals surface area contributed by atoms with Crippen LogP contribution in [0.25, 0.3) is 0 Å². The average Bonchev–Trinajstić information content (AvgIpc) is 2.85. The van der Waals surface area contributed by atoms with Gasteiger partial charge in [-0.3, -0.25) is 14.5 Å². The number of nitrogens with one attached hydrogen (secondary N) is 1. The van der Waals surface area contributed by atoms with E-state index in [1.165, 1.54) is 12.3 Å². The Morgan fingerprint density at radius 1 is 1.14 bits per heavy atom. The number of hydrogen-bond donors (Lipinski definition) is 1. The van der Waals surface area contributed by atoms with E-state index in [4.69, 9.17) is 23.2 Å². The normalized spacial score (nSPS) is 20.5. The van der Waals surface area contributed by atoms with Gasteiger partial charge in [0.15, 0.2) is 0 Å². The Hall–Kier alpha value is -1.65. The van der Waals surface area contributed by atoms with Crippen LogP contribution in [0.1, 0.15) is 45.6 Å². The number of halogens is 3. The first kappa shape index (κ1) is 28.4. The van der Waals surface area contributed by atoms with Gasteiger partial charge in [0, 0.05) is 48.8 Å². The van der Waals surface area contributed by atoms with Crippen molar-refractivity contribution in [1.82, 2.24) is 14.8 Å². The van der Waals surface area contributed by atoms with E-state index in [1.807, 2.05) is 0 Å². The molecule has 0 bridgehead atoms. The van der Waals surface area contributed by atoms with E-state index in [-0.39, 0.29) is 5.82 Å². The van der Waals surface area contributed by atoms with Crippen molar-refractivity contribution >= 4 is 44.7 Å². The third-order valence-electron chi connectivity index (χ3n) is 7.44. The quantitative estimate of drug-likeness (QED) is 0.467. The lowest BCUT2D eigenvalue weighted by molar-refractivity contribution is 0.0607. The summed E-state index contributed by atoms with van der Waals surface area (Å²) in [6, 6.07) is 7.41. The van der Waals surface area contributed by atoms with E-state index in [1.54, 1.807) is 32.0 Å². The molecule has 11 heteroatoms. The minimum Gasteiger partial charge on any atom is -0.353 e. The highest BCUT2D eigenvalue weighted by molar-refractivity contribution is 7.93. The molecule has 1 atom stereocenters. The number of benzene rings is 1. The number of piperidine rings is 1. The fourth-order valence-electron chi connectivity index (χ4n) is 5.21. The fraction of sp³-hybridized carbons (Fsp3) is 0.577. The van der Waals surface area contributed by atoms with Crippen LogP contribution in [-0.2, 0) is 16.6 Å². The van der Waals surface area contributed by atoms with Gasteiger partial charge in [-0.25, -0.2) is 17.8 Å². The fourth-order valence-corrected chi connectivity index (χ4v) is 6.33. The van der Waals surface area contributed by atoms with Gasteiger partial charge < -0.3 is 4.90 Å². The Balaban J connectivity index is 1.34. The van der Waals surface area contributed by atoms with Gasteiger partial charge in [-0.2, -0.15) is 0 Å². The molecule has 4 rings (SSSR count). The van der Waals surface area contributed by atoms with Gasteiger partial charge in [0.05, 0.1) is 22.2 Å². The van der Waals surface area contributed by atoms with Crippen molar-refractivity contribution in [3.05, 3.63) is 51.9 Å². The van der Waals surface area contributed by atoms with Gasteiger partial charge in [0.1, 0.15) is 11.6 Å². The zero-order chi connectivity index (χ0) is 26.7. The highest BCUT2D eigenvalue weighted by Gasteiger charge is 2.34. The first-order valence-electron chi connectivity index (χ1n) is 12.9. The number of pyridine rings is 1. The minimum atomic E-state index is -3.46. The van der Waals surface area contributed by atoms with E-state index in [2.05, 4.69) is 31.3 Å². The van der Waals surface area contributed by atoms with E-state index in [9.17, 15) is 12.8 Å². The summed E-state index contributed by atoms with van der Waals surface area (Å²) in [5, 5.41) is 0.317. The largest absolute Gasteiger partial charge is 0.353 e. The summed E-state index contributed by atoms with van der Waals surface area (Å²) in [6.45, 7) is 10.5. The summed E-state index contributed by atoms with van der Waals surface area (Å²) in [5.74, 6) is 0.446. The zero-order valence-electron chi connectivity index (χ0n) is 21.6. The van der Waals surface area contributed by atoms with E-state index in [0.717, 1.165) is 52.0 Å². The van der Waals surface area contributed by atoms with Crippen LogP contribution in [0.2, 0.25) is 10.0 Å². The highest BCUT2D eigenvalue weighted by Crippen LogP contribution is 2.31. The molecule has 2 aliphatic rings. The molecule has 1 aromatic heterocycles. The monoisotopic (exact) mass is 571 g/mol. The second-order valence-corrected chi connectivity index (χ2v) is 13.3. The van der Waals surface area contributed by atoms with Crippen molar-refractivity contribution in [3.63, 3.8) is 0 Å². The first-order valence-corrected chi connectivity index (χ1v) is 15.2. The highest BCUT2D eigenvalue weighted by atomic mass is 35.5. The molecule has 0 aliphatic carbocycles. The second-order valence-electron chi connectivity index (χ2n) is 10.2. The van der Waals surface area contributed by atoms with Gasteiger partial charge in [-0.1, -0.05) is 36.2 Å². The van der Waals surface area contributed by atoms with Crippen LogP contribution in [0, 0.1) is 5.82 Å². The number of rotatable bonds is 8. The molecule has 1 aromatic carbocycles. The van der Waals surface area contributed by atoms with Gasteiger partial charge >= 0.3 is 0 Å². The summed E-state index contributed by atoms with van der Waals surface area (Å²) in [4.78, 5) is 11.7. The standard InChI is InChI=1S/C26H36Cl2FN5O2S/c1-4-22-17-33(26-24(28)14-21(15-30-26)31-37(35,36)18(2)3)11-12-34(22)23-7-9-32(10-8-23)16-19-5-6-20(27)13-25(19)29/h5-6,13-15,18,22-23,31H,4,7-12,16-17H2,1-3H3/t22-/m0/s1. The topological polar surface area (TPSA) is 68.8 Å². The smallest absolute Gasteiger partial charge is 0.235 e. The summed E-state index contributed by atoms with van der Waals surface area (Å²) in [6.07, 6.45) is 4.65. The number of anilines is 2. The lowest BCUT2D eigenvalue weighted by Crippen LogP contribution is -2.58. The minimum absolute atomic E-state index is 0.241. The number of piperazine rings is 1. The molecule has 0 unspecified atom stereocenters. The van der Waals surface area contributed by atoms with Crippen LogP contribution in [0.3, 0.4) is 0 Å². The maximum Gasteiger partial charge on any atom is 0.235 e. The van der Waals surface area contributed by atoms with Crippen molar-refractivity contribution in [2.24, 2.45) is 0 Å². The molecular weight excluding hydrogens is 536 g/mol. The molecule has 2 saturated heterocycles. The lowest BCUT2D eigenvalue weighted by atomic mass is 9.97. The molecule has 3 heterocycles. The number of aromatic nitrogens is 1. The molecule has 0 saturated carbocycles. The lowest BCUT2D eigenvalue weighted by Gasteiger charge is -2.47. The summed E-state index contributed by atoms with van der Waals surface area (Å²) < 4.78 is 41.1. The number of hydrogen-bond acceptors (Lipinski definition) is 6. The van der Waals surface area contributed by atoms with Crippen molar-refractivity contribution < 1.29 is 12.8 Å². The molecule has 1 N–H and O–H groups in total. The van der Waals surface area contributed by atoms with Crippen LogP contribution in [0.15, 0.2) is 30.5 Å². The third-order valence-corrected chi connectivity index (χ3v) is 9.71. The van der Waals surface area contributed by atoms with Gasteiger partial charge in [0.2, 0.25) is 10.0 Å². The van der Waals surface area contributed by atoms with Crippen molar-refractivity contribution in [3.8, 4) is 0 Å². The number of sulfonamides is 1. The van der Waals surface area contributed by atoms with Crippen molar-refractivity contribution in [2.75, 3.05) is 42.3 Å². The molecular formula is C26H36Cl2FN5O2S. The van der Waals surface area contributed by atoms with E-state index < -0.39 is 15.3 Å². The molecule has 7 nitrogen and oxygen atoms in total. The van der Waals surface area contributed by atoms with Crippen LogP contribution >= 0.6 is 23.2 Å². The summed E-state index contributed by atoms with van der Waals surface area (Å²) in [7, 11) is -3.46. The molecule has 0 amide bonds. The van der Waals surface area contributed by atoms with Crippen LogP contribution in [0.5, 0.6) is 0 Å². The van der Waals surface area contributed by atoms with Crippen molar-refractivity contribution in [1.29, 1.82) is 0 Å². The van der Waals surface area contributed by atoms with Crippen molar-refractivity contribution in [2.45, 2.75) is 63.9 Å². The first-order chi connectivity index (χ1) is 17.6. The van der Waals surface area contributed by atoms with Gasteiger partial charge in [0.25, 0.3) is 0 Å². The maximum absolute atomic E-state index is 14.2. The Morgan fingerprint density at radius 3 is 2.49 bits per heavy atom. The average molecular weight is 573 g/mol. The summed E-state index contributed by atoms with van der Waals surface area (Å²) >= 11 is 12.4. The molecule has 2 fully saturated rings. The van der Waals surface area contributed by atoms with Gasteiger partial charge in [-0.05, 0) is 64.4 Å². The number of likely N-dealkylation sites (tertiary alicyclic amines) is 1. The predicted octanol–water partition coefficient (Wildman–Crippen LogP) is 5.24. The second kappa shape index (κ2) is 12.0. The SMILES string of the molecule is CC[C@H]1CN(c2ncc(NS(=O)(=O)C(C)C)cc2Cl)CCN1C1CCN(Cc2ccc(Cl)cc2F)CC1. The van der Waals surface area contributed by atoms with Crippen LogP contribution in [0.4, 0.5) is 15.9 Å². The molecule has 2 aliphatic heterocycles.